The van der Waals surface area contributed by atoms with Crippen LogP contribution in [0.25, 0.3) is 0 Å². The number of aliphatic hydroxyl groups excluding tert-OH is 1. The molecule has 0 amide bonds. The van der Waals surface area contributed by atoms with Crippen molar-refractivity contribution in [3.05, 3.63) is 23.8 Å². The highest BCUT2D eigenvalue weighted by Crippen LogP contribution is 2.55. The molecule has 3 rings (SSSR count). The number of aliphatic hydroxyl groups is 1. The number of nitrogens with zero attached hydrogens (tertiary/aromatic N) is 1. The molecule has 0 spiro atoms. The van der Waals surface area contributed by atoms with E-state index < -0.39 is 0 Å². The Balaban J connectivity index is 1.62. The fourth-order valence-electron chi connectivity index (χ4n) is 4.76. The predicted molar refractivity (Wildman–Crippen MR) is 94.2 cm³/mol. The molecule has 128 valence electrons. The first-order valence-electron chi connectivity index (χ1n) is 9.22. The van der Waals surface area contributed by atoms with Crippen LogP contribution in [0, 0.1) is 23.2 Å². The highest BCUT2D eigenvalue weighted by atomic mass is 16.6. The van der Waals surface area contributed by atoms with Gasteiger partial charge < -0.3 is 9.94 Å². The number of rotatable bonds is 6. The number of oxime groups is 1. The summed E-state index contributed by atoms with van der Waals surface area (Å²) in [7, 11) is 1.62. The maximum absolute atomic E-state index is 10.3. The van der Waals surface area contributed by atoms with Crippen molar-refractivity contribution in [2.75, 3.05) is 7.11 Å². The second-order valence-electron chi connectivity index (χ2n) is 7.89. The summed E-state index contributed by atoms with van der Waals surface area (Å²) in [4.78, 5) is 4.96. The molecule has 0 bridgehead atoms. The summed E-state index contributed by atoms with van der Waals surface area (Å²) in [5, 5.41) is 14.5. The van der Waals surface area contributed by atoms with Crippen molar-refractivity contribution < 1.29 is 9.94 Å². The maximum atomic E-state index is 10.3. The van der Waals surface area contributed by atoms with E-state index in [-0.39, 0.29) is 11.5 Å². The third kappa shape index (κ3) is 3.40. The van der Waals surface area contributed by atoms with Crippen molar-refractivity contribution in [1.29, 1.82) is 0 Å². The average molecular weight is 317 g/mol. The van der Waals surface area contributed by atoms with Crippen molar-refractivity contribution in [3.63, 3.8) is 0 Å². The van der Waals surface area contributed by atoms with Crippen molar-refractivity contribution >= 4 is 5.71 Å². The summed E-state index contributed by atoms with van der Waals surface area (Å²) in [5.41, 5.74) is 2.88. The van der Waals surface area contributed by atoms with Gasteiger partial charge in [0.2, 0.25) is 0 Å². The summed E-state index contributed by atoms with van der Waals surface area (Å²) in [6.45, 7) is 4.70. The van der Waals surface area contributed by atoms with Gasteiger partial charge in [-0.1, -0.05) is 36.7 Å². The van der Waals surface area contributed by atoms with Gasteiger partial charge in [0.15, 0.2) is 0 Å². The van der Waals surface area contributed by atoms with E-state index in [1.165, 1.54) is 19.3 Å². The molecule has 0 aliphatic heterocycles. The Kier molecular flexibility index (Phi) is 4.96. The number of fused-ring (bicyclic) bond motifs is 1. The van der Waals surface area contributed by atoms with Crippen LogP contribution in [-0.2, 0) is 4.84 Å². The van der Waals surface area contributed by atoms with E-state index in [9.17, 15) is 5.11 Å². The van der Waals surface area contributed by atoms with Crippen LogP contribution in [0.15, 0.2) is 29.0 Å². The van der Waals surface area contributed by atoms with Gasteiger partial charge in [-0.2, -0.15) is 0 Å². The van der Waals surface area contributed by atoms with E-state index in [2.05, 4.69) is 37.2 Å². The second-order valence-corrected chi connectivity index (χ2v) is 7.89. The molecule has 0 aromatic heterocycles. The Hall–Kier alpha value is -1.09. The summed E-state index contributed by atoms with van der Waals surface area (Å²) in [6, 6.07) is 0. The Labute approximate surface area is 140 Å². The second kappa shape index (κ2) is 6.80. The Morgan fingerprint density at radius 2 is 2.26 bits per heavy atom. The lowest BCUT2D eigenvalue weighted by Crippen LogP contribution is -2.39. The molecule has 3 heteroatoms. The first-order valence-corrected chi connectivity index (χ1v) is 9.22. The average Bonchev–Trinajstić information content (AvgIpc) is 3.28. The van der Waals surface area contributed by atoms with Crippen molar-refractivity contribution in [2.45, 2.75) is 64.9 Å². The molecule has 1 unspecified atom stereocenters. The van der Waals surface area contributed by atoms with Crippen molar-refractivity contribution in [3.8, 4) is 0 Å². The van der Waals surface area contributed by atoms with Crippen LogP contribution in [0.2, 0.25) is 0 Å². The lowest BCUT2D eigenvalue weighted by molar-refractivity contribution is 0.00805. The van der Waals surface area contributed by atoms with Crippen molar-refractivity contribution in [1.82, 2.24) is 0 Å². The molecule has 0 aromatic carbocycles. The fraction of sp³-hybridized carbons (Fsp3) is 0.750. The minimum absolute atomic E-state index is 0.111. The van der Waals surface area contributed by atoms with E-state index in [1.54, 1.807) is 12.7 Å². The lowest BCUT2D eigenvalue weighted by atomic mass is 9.63. The molecule has 0 heterocycles. The molecule has 0 aromatic rings. The van der Waals surface area contributed by atoms with Gasteiger partial charge in [-0.25, -0.2) is 0 Å². The standard InChI is InChI=1S/C20H31NO2/c1-14(6-4-7-18(21-23-3)15-9-10-15)16-11-12-17-19(22)8-5-13-20(16,17)2/h4,7,11,14-15,17,19,22H,5-6,8-10,12-13H2,1-3H3/b7-4+,21-18+/t14-,17+,19?,20-/m1/s1. The van der Waals surface area contributed by atoms with Gasteiger partial charge in [-0.3, -0.25) is 0 Å². The zero-order valence-electron chi connectivity index (χ0n) is 14.8. The molecule has 23 heavy (non-hydrogen) atoms. The molecule has 3 aliphatic rings. The van der Waals surface area contributed by atoms with E-state index in [4.69, 9.17) is 4.84 Å². The SMILES string of the molecule is CO/N=C(\C=C\C[C@@H](C)C1=CC[C@H]2C(O)CCC[C@]12C)C1CC1. The molecule has 0 radical (unpaired) electrons. The summed E-state index contributed by atoms with van der Waals surface area (Å²) < 4.78 is 0. The summed E-state index contributed by atoms with van der Waals surface area (Å²) >= 11 is 0. The first kappa shape index (κ1) is 16.8. The Bertz CT molecular complexity index is 518. The van der Waals surface area contributed by atoms with Gasteiger partial charge in [0.25, 0.3) is 0 Å². The maximum Gasteiger partial charge on any atom is 0.106 e. The Morgan fingerprint density at radius 3 is 2.96 bits per heavy atom. The van der Waals surface area contributed by atoms with Crippen molar-refractivity contribution in [2.24, 2.45) is 28.3 Å². The molecule has 4 atom stereocenters. The van der Waals surface area contributed by atoms with Gasteiger partial charge in [-0.15, -0.1) is 0 Å². The van der Waals surface area contributed by atoms with Gasteiger partial charge in [0, 0.05) is 5.92 Å². The third-order valence-electron chi connectivity index (χ3n) is 6.23. The summed E-state index contributed by atoms with van der Waals surface area (Å²) in [5.74, 6) is 1.59. The van der Waals surface area contributed by atoms with Crippen LogP contribution in [0.5, 0.6) is 0 Å². The highest BCUT2D eigenvalue weighted by Gasteiger charge is 2.47. The lowest BCUT2D eigenvalue weighted by Gasteiger charge is -2.43. The Morgan fingerprint density at radius 1 is 1.48 bits per heavy atom. The molecular formula is C20H31NO2. The molecule has 0 saturated heterocycles. The number of allylic oxidation sites excluding steroid dienone is 4. The van der Waals surface area contributed by atoms with E-state index in [0.717, 1.165) is 31.4 Å². The van der Waals surface area contributed by atoms with E-state index in [0.29, 0.717) is 17.8 Å². The van der Waals surface area contributed by atoms with Gasteiger partial charge >= 0.3 is 0 Å². The van der Waals surface area contributed by atoms with Gasteiger partial charge in [-0.05, 0) is 68.3 Å². The monoisotopic (exact) mass is 317 g/mol. The number of hydrogen-bond donors (Lipinski definition) is 1. The van der Waals surface area contributed by atoms with Crippen LogP contribution in [0.4, 0.5) is 0 Å². The number of hydrogen-bond acceptors (Lipinski definition) is 3. The topological polar surface area (TPSA) is 41.8 Å². The molecule has 3 nitrogen and oxygen atoms in total. The molecule has 2 saturated carbocycles. The van der Waals surface area contributed by atoms with Crippen LogP contribution in [-0.4, -0.2) is 24.0 Å². The van der Waals surface area contributed by atoms with E-state index in [1.807, 2.05) is 0 Å². The van der Waals surface area contributed by atoms with E-state index >= 15 is 0 Å². The van der Waals surface area contributed by atoms with Gasteiger partial charge in [0.1, 0.15) is 7.11 Å². The largest absolute Gasteiger partial charge is 0.399 e. The quantitative estimate of drug-likeness (QED) is 0.446. The smallest absolute Gasteiger partial charge is 0.106 e. The molecule has 1 N–H and O–H groups in total. The van der Waals surface area contributed by atoms with Gasteiger partial charge in [0.05, 0.1) is 11.8 Å². The molecular weight excluding hydrogens is 286 g/mol. The minimum Gasteiger partial charge on any atom is -0.399 e. The zero-order chi connectivity index (χ0) is 16.4. The third-order valence-corrected chi connectivity index (χ3v) is 6.23. The first-order chi connectivity index (χ1) is 11.1. The molecule has 2 fully saturated rings. The molecule has 3 aliphatic carbocycles. The highest BCUT2D eigenvalue weighted by molar-refractivity contribution is 5.97. The van der Waals surface area contributed by atoms with Crippen LogP contribution >= 0.6 is 0 Å². The predicted octanol–water partition coefficient (Wildman–Crippen LogP) is 4.48. The van der Waals surface area contributed by atoms with Crippen LogP contribution < -0.4 is 0 Å². The van der Waals surface area contributed by atoms with Crippen LogP contribution in [0.3, 0.4) is 0 Å². The fourth-order valence-corrected chi connectivity index (χ4v) is 4.76. The normalized spacial score (nSPS) is 36.0. The minimum atomic E-state index is -0.111. The van der Waals surface area contributed by atoms with Crippen LogP contribution in [0.1, 0.15) is 58.8 Å². The zero-order valence-corrected chi connectivity index (χ0v) is 14.8. The summed E-state index contributed by atoms with van der Waals surface area (Å²) in [6.07, 6.45) is 14.7.